The van der Waals surface area contributed by atoms with Crippen LogP contribution in [0.3, 0.4) is 0 Å². The molecule has 0 atom stereocenters. The number of halogens is 1. The number of hydrogen-bond acceptors (Lipinski definition) is 3. The molecule has 0 amide bonds. The molecule has 0 radical (unpaired) electrons. The van der Waals surface area contributed by atoms with Gasteiger partial charge in [-0.25, -0.2) is 0 Å². The molecule has 0 bridgehead atoms. The third-order valence-corrected chi connectivity index (χ3v) is 4.02. The molecule has 0 aromatic heterocycles. The number of benzene rings is 2. The predicted octanol–water partition coefficient (Wildman–Crippen LogP) is 3.81. The Balaban J connectivity index is 1.71. The van der Waals surface area contributed by atoms with E-state index in [2.05, 4.69) is 52.1 Å². The number of nitrogens with zero attached hydrogens (tertiary/aromatic N) is 1. The molecule has 0 saturated heterocycles. The second-order valence-corrected chi connectivity index (χ2v) is 5.81. The molecule has 0 unspecified atom stereocenters. The molecule has 4 heteroatoms. The van der Waals surface area contributed by atoms with Crippen LogP contribution in [0, 0.1) is 0 Å². The highest BCUT2D eigenvalue weighted by atomic mass is 79.9. The molecule has 0 fully saturated rings. The number of ether oxygens (including phenoxy) is 2. The van der Waals surface area contributed by atoms with Gasteiger partial charge in [-0.1, -0.05) is 46.3 Å². The highest BCUT2D eigenvalue weighted by Gasteiger charge is 2.16. The van der Waals surface area contributed by atoms with Crippen molar-refractivity contribution < 1.29 is 9.47 Å². The zero-order chi connectivity index (χ0) is 13.9. The highest BCUT2D eigenvalue weighted by molar-refractivity contribution is 9.10. The fourth-order valence-electron chi connectivity index (χ4n) is 2.32. The fourth-order valence-corrected chi connectivity index (χ4v) is 2.77. The fraction of sp³-hybridized carbons (Fsp3) is 0.250. The summed E-state index contributed by atoms with van der Waals surface area (Å²) in [6.45, 7) is 2.08. The first-order valence-electron chi connectivity index (χ1n) is 6.53. The van der Waals surface area contributed by atoms with E-state index in [-0.39, 0.29) is 0 Å². The van der Waals surface area contributed by atoms with E-state index >= 15 is 0 Å². The first-order valence-corrected chi connectivity index (χ1v) is 7.32. The van der Waals surface area contributed by atoms with Crippen LogP contribution in [-0.2, 0) is 13.1 Å². The highest BCUT2D eigenvalue weighted by Crippen LogP contribution is 2.37. The summed E-state index contributed by atoms with van der Waals surface area (Å²) in [4.78, 5) is 2.28. The van der Waals surface area contributed by atoms with E-state index in [0.29, 0.717) is 6.79 Å². The molecule has 1 aliphatic rings. The quantitative estimate of drug-likeness (QED) is 0.849. The molecular weight excluding hydrogens is 318 g/mol. The summed E-state index contributed by atoms with van der Waals surface area (Å²) in [5.41, 5.74) is 2.51. The van der Waals surface area contributed by atoms with E-state index in [1.54, 1.807) is 0 Å². The van der Waals surface area contributed by atoms with Crippen molar-refractivity contribution in [3.63, 3.8) is 0 Å². The second-order valence-electron chi connectivity index (χ2n) is 4.95. The molecule has 104 valence electrons. The van der Waals surface area contributed by atoms with Crippen molar-refractivity contribution in [1.29, 1.82) is 0 Å². The lowest BCUT2D eigenvalue weighted by atomic mass is 10.1. The standard InChI is InChI=1S/C16H16BrNO2/c1-18(9-12-5-3-2-4-6-12)10-13-7-15-16(8-14(13)17)20-11-19-15/h2-8H,9-11H2,1H3. The molecule has 1 aliphatic heterocycles. The van der Waals surface area contributed by atoms with Crippen molar-refractivity contribution in [2.75, 3.05) is 13.8 Å². The van der Waals surface area contributed by atoms with Crippen molar-refractivity contribution in [2.45, 2.75) is 13.1 Å². The van der Waals surface area contributed by atoms with Crippen molar-refractivity contribution in [3.8, 4) is 11.5 Å². The van der Waals surface area contributed by atoms with Gasteiger partial charge in [0.15, 0.2) is 11.5 Å². The number of rotatable bonds is 4. The Labute approximate surface area is 127 Å². The Kier molecular flexibility index (Phi) is 3.94. The van der Waals surface area contributed by atoms with Crippen LogP contribution >= 0.6 is 15.9 Å². The Morgan fingerprint density at radius 3 is 2.50 bits per heavy atom. The minimum atomic E-state index is 0.311. The average molecular weight is 334 g/mol. The summed E-state index contributed by atoms with van der Waals surface area (Å²) in [5.74, 6) is 1.64. The molecule has 0 N–H and O–H groups in total. The van der Waals surface area contributed by atoms with Crippen molar-refractivity contribution in [3.05, 3.63) is 58.1 Å². The van der Waals surface area contributed by atoms with Crippen LogP contribution in [0.15, 0.2) is 46.9 Å². The van der Waals surface area contributed by atoms with Crippen LogP contribution in [0.25, 0.3) is 0 Å². The minimum absolute atomic E-state index is 0.311. The van der Waals surface area contributed by atoms with Gasteiger partial charge in [0.1, 0.15) is 0 Å². The average Bonchev–Trinajstić information content (AvgIpc) is 2.87. The summed E-state index contributed by atoms with van der Waals surface area (Å²) >= 11 is 3.60. The van der Waals surface area contributed by atoms with E-state index < -0.39 is 0 Å². The Hall–Kier alpha value is -1.52. The maximum atomic E-state index is 5.43. The molecule has 3 nitrogen and oxygen atoms in total. The van der Waals surface area contributed by atoms with Crippen molar-refractivity contribution in [1.82, 2.24) is 4.90 Å². The molecule has 3 rings (SSSR count). The third kappa shape index (κ3) is 2.97. The lowest BCUT2D eigenvalue weighted by Crippen LogP contribution is -2.17. The normalized spacial score (nSPS) is 12.9. The second kappa shape index (κ2) is 5.85. The maximum Gasteiger partial charge on any atom is 0.231 e. The summed E-state index contributed by atoms with van der Waals surface area (Å²) in [7, 11) is 2.12. The van der Waals surface area contributed by atoms with Gasteiger partial charge in [0, 0.05) is 17.6 Å². The first kappa shape index (κ1) is 13.5. The van der Waals surface area contributed by atoms with Gasteiger partial charge >= 0.3 is 0 Å². The van der Waals surface area contributed by atoms with E-state index in [1.807, 2.05) is 18.2 Å². The van der Waals surface area contributed by atoms with Crippen LogP contribution < -0.4 is 9.47 Å². The summed E-state index contributed by atoms with van der Waals surface area (Å²) in [5, 5.41) is 0. The predicted molar refractivity (Wildman–Crippen MR) is 81.9 cm³/mol. The number of hydrogen-bond donors (Lipinski definition) is 0. The largest absolute Gasteiger partial charge is 0.454 e. The third-order valence-electron chi connectivity index (χ3n) is 3.28. The lowest BCUT2D eigenvalue weighted by Gasteiger charge is -2.18. The van der Waals surface area contributed by atoms with Gasteiger partial charge in [0.25, 0.3) is 0 Å². The van der Waals surface area contributed by atoms with Crippen molar-refractivity contribution >= 4 is 15.9 Å². The summed E-state index contributed by atoms with van der Waals surface area (Å²) in [6.07, 6.45) is 0. The molecule has 2 aromatic rings. The van der Waals surface area contributed by atoms with Gasteiger partial charge in [-0.3, -0.25) is 4.90 Å². The lowest BCUT2D eigenvalue weighted by molar-refractivity contribution is 0.174. The molecule has 0 saturated carbocycles. The van der Waals surface area contributed by atoms with E-state index in [0.717, 1.165) is 29.1 Å². The molecular formula is C16H16BrNO2. The van der Waals surface area contributed by atoms with E-state index in [9.17, 15) is 0 Å². The van der Waals surface area contributed by atoms with Crippen LogP contribution in [0.4, 0.5) is 0 Å². The summed E-state index contributed by atoms with van der Waals surface area (Å²) < 4.78 is 11.9. The Morgan fingerprint density at radius 1 is 1.05 bits per heavy atom. The molecule has 2 aromatic carbocycles. The van der Waals surface area contributed by atoms with Gasteiger partial charge in [0.2, 0.25) is 6.79 Å². The SMILES string of the molecule is CN(Cc1ccccc1)Cc1cc2c(cc1Br)OCO2. The molecule has 1 heterocycles. The van der Waals surface area contributed by atoms with Crippen molar-refractivity contribution in [2.24, 2.45) is 0 Å². The molecule has 20 heavy (non-hydrogen) atoms. The molecule has 0 spiro atoms. The van der Waals surface area contributed by atoms with E-state index in [4.69, 9.17) is 9.47 Å². The van der Waals surface area contributed by atoms with Gasteiger partial charge in [-0.15, -0.1) is 0 Å². The van der Waals surface area contributed by atoms with Gasteiger partial charge in [0.05, 0.1) is 0 Å². The van der Waals surface area contributed by atoms with Crippen LogP contribution in [0.1, 0.15) is 11.1 Å². The van der Waals surface area contributed by atoms with Gasteiger partial charge in [-0.05, 0) is 30.3 Å². The Morgan fingerprint density at radius 2 is 1.75 bits per heavy atom. The smallest absolute Gasteiger partial charge is 0.231 e. The van der Waals surface area contributed by atoms with Gasteiger partial charge in [-0.2, -0.15) is 0 Å². The first-order chi connectivity index (χ1) is 9.72. The summed E-state index contributed by atoms with van der Waals surface area (Å²) in [6, 6.07) is 14.5. The molecule has 0 aliphatic carbocycles. The zero-order valence-electron chi connectivity index (χ0n) is 11.3. The zero-order valence-corrected chi connectivity index (χ0v) is 12.9. The minimum Gasteiger partial charge on any atom is -0.454 e. The van der Waals surface area contributed by atoms with Crippen LogP contribution in [0.5, 0.6) is 11.5 Å². The maximum absolute atomic E-state index is 5.43. The van der Waals surface area contributed by atoms with Gasteiger partial charge < -0.3 is 9.47 Å². The number of fused-ring (bicyclic) bond motifs is 1. The topological polar surface area (TPSA) is 21.7 Å². The van der Waals surface area contributed by atoms with E-state index in [1.165, 1.54) is 11.1 Å². The monoisotopic (exact) mass is 333 g/mol. The Bertz CT molecular complexity index is 601. The van der Waals surface area contributed by atoms with Crippen LogP contribution in [-0.4, -0.2) is 18.7 Å². The van der Waals surface area contributed by atoms with Crippen LogP contribution in [0.2, 0.25) is 0 Å².